The van der Waals surface area contributed by atoms with Gasteiger partial charge >= 0.3 is 5.97 Å². The molecular weight excluding hydrogens is 576 g/mol. The highest BCUT2D eigenvalue weighted by Gasteiger charge is 2.29. The van der Waals surface area contributed by atoms with E-state index in [1.165, 1.54) is 37.0 Å². The minimum Gasteiger partial charge on any atom is -0.465 e. The summed E-state index contributed by atoms with van der Waals surface area (Å²) < 4.78 is 5.64. The fraction of sp³-hybridized carbons (Fsp3) is 0.444. The summed E-state index contributed by atoms with van der Waals surface area (Å²) in [5.41, 5.74) is 1.44. The largest absolute Gasteiger partial charge is 0.465 e. The molecule has 1 fully saturated rings. The number of rotatable bonds is 6. The van der Waals surface area contributed by atoms with E-state index in [1.54, 1.807) is 11.0 Å². The van der Waals surface area contributed by atoms with Crippen LogP contribution in [0.2, 0.25) is 5.02 Å². The molecule has 2 amide bonds. The van der Waals surface area contributed by atoms with Crippen LogP contribution in [0.4, 0.5) is 10.7 Å². The van der Waals surface area contributed by atoms with Gasteiger partial charge in [-0.05, 0) is 37.3 Å². The molecule has 1 aromatic carbocycles. The Hall–Kier alpha value is -3.06. The lowest BCUT2D eigenvalue weighted by Gasteiger charge is -2.34. The standard InChI is InChI=1S/C27H29ClN4O6S2/c1-38-27(35)22-17-6-4-2-3-5-7-19(17)40-25(22)29-21(33)15-30-10-12-31(13-11-30)26(34)24-23(28)18-9-8-16(32(36)37)14-20(18)39-24/h8-9,14H,2-7,10-13,15H2,1H3,(H,29,33). The highest BCUT2D eigenvalue weighted by Crippen LogP contribution is 2.39. The number of non-ortho nitro benzene ring substituents is 1. The number of piperazine rings is 1. The van der Waals surface area contributed by atoms with Crippen molar-refractivity contribution < 1.29 is 24.0 Å². The summed E-state index contributed by atoms with van der Waals surface area (Å²) in [7, 11) is 1.36. The maximum absolute atomic E-state index is 13.2. The second-order valence-electron chi connectivity index (χ2n) is 9.91. The first-order valence-corrected chi connectivity index (χ1v) is 15.2. The zero-order valence-electron chi connectivity index (χ0n) is 22.0. The Bertz CT molecular complexity index is 1480. The summed E-state index contributed by atoms with van der Waals surface area (Å²) >= 11 is 9.10. The zero-order chi connectivity index (χ0) is 28.4. The molecular formula is C27H29ClN4O6S2. The lowest BCUT2D eigenvalue weighted by atomic mass is 9.96. The molecule has 212 valence electrons. The fourth-order valence-electron chi connectivity index (χ4n) is 5.25. The molecule has 1 aliphatic heterocycles. The molecule has 40 heavy (non-hydrogen) atoms. The van der Waals surface area contributed by atoms with Gasteiger partial charge in [-0.1, -0.05) is 24.4 Å². The predicted molar refractivity (Wildman–Crippen MR) is 156 cm³/mol. The van der Waals surface area contributed by atoms with E-state index < -0.39 is 10.9 Å². The second-order valence-corrected chi connectivity index (χ2v) is 12.4. The monoisotopic (exact) mass is 604 g/mol. The van der Waals surface area contributed by atoms with Gasteiger partial charge in [0.05, 0.1) is 29.2 Å². The van der Waals surface area contributed by atoms with Gasteiger partial charge in [-0.15, -0.1) is 22.7 Å². The Morgan fingerprint density at radius 1 is 1.07 bits per heavy atom. The number of amides is 2. The van der Waals surface area contributed by atoms with E-state index in [-0.39, 0.29) is 24.0 Å². The van der Waals surface area contributed by atoms with Crippen LogP contribution in [0.5, 0.6) is 0 Å². The number of nitrogens with one attached hydrogen (secondary N) is 1. The Labute approximate surface area is 244 Å². The number of nitro benzene ring substituents is 1. The van der Waals surface area contributed by atoms with Crippen LogP contribution < -0.4 is 5.32 Å². The summed E-state index contributed by atoms with van der Waals surface area (Å²) in [4.78, 5) is 54.7. The summed E-state index contributed by atoms with van der Waals surface area (Å²) in [5, 5.41) is 15.5. The number of benzene rings is 1. The van der Waals surface area contributed by atoms with Crippen LogP contribution >= 0.6 is 34.3 Å². The highest BCUT2D eigenvalue weighted by atomic mass is 35.5. The van der Waals surface area contributed by atoms with Crippen LogP contribution in [-0.2, 0) is 22.4 Å². The number of hydrogen-bond acceptors (Lipinski definition) is 9. The number of thiophene rings is 2. The molecule has 3 aromatic rings. The number of halogens is 1. The molecule has 0 spiro atoms. The van der Waals surface area contributed by atoms with E-state index in [1.807, 2.05) is 4.90 Å². The Balaban J connectivity index is 1.21. The van der Waals surface area contributed by atoms with E-state index in [4.69, 9.17) is 16.3 Å². The van der Waals surface area contributed by atoms with Crippen molar-refractivity contribution in [2.24, 2.45) is 0 Å². The Kier molecular flexibility index (Phi) is 8.69. The van der Waals surface area contributed by atoms with Crippen molar-refractivity contribution in [3.05, 3.63) is 54.2 Å². The molecule has 13 heteroatoms. The molecule has 0 radical (unpaired) electrons. The quantitative estimate of drug-likeness (QED) is 0.228. The average molecular weight is 605 g/mol. The molecule has 0 unspecified atom stereocenters. The molecule has 0 bridgehead atoms. The first-order chi connectivity index (χ1) is 19.3. The molecule has 1 N–H and O–H groups in total. The lowest BCUT2D eigenvalue weighted by molar-refractivity contribution is -0.384. The molecule has 3 heterocycles. The van der Waals surface area contributed by atoms with Crippen LogP contribution in [0, 0.1) is 10.1 Å². The van der Waals surface area contributed by atoms with E-state index in [0.717, 1.165) is 53.9 Å². The van der Waals surface area contributed by atoms with Crippen molar-refractivity contribution in [3.8, 4) is 0 Å². The minimum absolute atomic E-state index is 0.0521. The number of carbonyl (C=O) groups excluding carboxylic acids is 3. The lowest BCUT2D eigenvalue weighted by Crippen LogP contribution is -2.50. The van der Waals surface area contributed by atoms with Gasteiger partial charge in [-0.25, -0.2) is 4.79 Å². The summed E-state index contributed by atoms with van der Waals surface area (Å²) in [5.74, 6) is -0.861. The van der Waals surface area contributed by atoms with Crippen molar-refractivity contribution in [2.75, 3.05) is 45.2 Å². The van der Waals surface area contributed by atoms with Crippen molar-refractivity contribution in [1.29, 1.82) is 0 Å². The molecule has 1 aliphatic carbocycles. The molecule has 2 aliphatic rings. The number of ether oxygens (including phenoxy) is 1. The third kappa shape index (κ3) is 5.85. The minimum atomic E-state index is -0.477. The normalized spacial score (nSPS) is 16.2. The van der Waals surface area contributed by atoms with Gasteiger partial charge in [-0.2, -0.15) is 0 Å². The van der Waals surface area contributed by atoms with E-state index in [9.17, 15) is 24.5 Å². The number of anilines is 1. The van der Waals surface area contributed by atoms with Gasteiger partial charge in [0.25, 0.3) is 11.6 Å². The zero-order valence-corrected chi connectivity index (χ0v) is 24.4. The van der Waals surface area contributed by atoms with E-state index in [0.29, 0.717) is 56.7 Å². The number of fused-ring (bicyclic) bond motifs is 2. The van der Waals surface area contributed by atoms with Crippen LogP contribution in [0.25, 0.3) is 10.1 Å². The number of hydrogen-bond donors (Lipinski definition) is 1. The van der Waals surface area contributed by atoms with Crippen molar-refractivity contribution >= 4 is 72.8 Å². The van der Waals surface area contributed by atoms with Crippen molar-refractivity contribution in [2.45, 2.75) is 38.5 Å². The van der Waals surface area contributed by atoms with E-state index in [2.05, 4.69) is 5.32 Å². The first-order valence-electron chi connectivity index (χ1n) is 13.2. The topological polar surface area (TPSA) is 122 Å². The smallest absolute Gasteiger partial charge is 0.341 e. The van der Waals surface area contributed by atoms with Gasteiger partial charge in [0, 0.05) is 53.3 Å². The number of esters is 1. The molecule has 2 aromatic heterocycles. The number of nitro groups is 1. The van der Waals surface area contributed by atoms with Crippen LogP contribution in [0.3, 0.4) is 0 Å². The molecule has 10 nitrogen and oxygen atoms in total. The number of carbonyl (C=O) groups is 3. The Morgan fingerprint density at radius 3 is 2.50 bits per heavy atom. The van der Waals surface area contributed by atoms with Crippen LogP contribution in [0.15, 0.2) is 18.2 Å². The maximum atomic E-state index is 13.2. The van der Waals surface area contributed by atoms with Gasteiger partial charge < -0.3 is 15.0 Å². The van der Waals surface area contributed by atoms with Crippen molar-refractivity contribution in [3.63, 3.8) is 0 Å². The Morgan fingerprint density at radius 2 is 1.80 bits per heavy atom. The fourth-order valence-corrected chi connectivity index (χ4v) is 8.06. The van der Waals surface area contributed by atoms with Gasteiger partial charge in [0.15, 0.2) is 0 Å². The van der Waals surface area contributed by atoms with Gasteiger partial charge in [0.1, 0.15) is 9.88 Å². The molecule has 5 rings (SSSR count). The molecule has 1 saturated heterocycles. The highest BCUT2D eigenvalue weighted by molar-refractivity contribution is 7.21. The molecule has 0 saturated carbocycles. The maximum Gasteiger partial charge on any atom is 0.341 e. The van der Waals surface area contributed by atoms with Crippen molar-refractivity contribution in [1.82, 2.24) is 9.80 Å². The third-order valence-electron chi connectivity index (χ3n) is 7.36. The van der Waals surface area contributed by atoms with E-state index >= 15 is 0 Å². The first kappa shape index (κ1) is 28.5. The van der Waals surface area contributed by atoms with Gasteiger partial charge in [-0.3, -0.25) is 24.6 Å². The second kappa shape index (κ2) is 12.2. The number of aryl methyl sites for hydroxylation is 1. The number of nitrogens with zero attached hydrogens (tertiary/aromatic N) is 3. The van der Waals surface area contributed by atoms with Crippen LogP contribution in [0.1, 0.15) is 56.2 Å². The summed E-state index contributed by atoms with van der Waals surface area (Å²) in [6, 6.07) is 4.37. The predicted octanol–water partition coefficient (Wildman–Crippen LogP) is 5.37. The third-order valence-corrected chi connectivity index (χ3v) is 10.2. The van der Waals surface area contributed by atoms with Crippen LogP contribution in [-0.4, -0.2) is 72.3 Å². The van der Waals surface area contributed by atoms with Gasteiger partial charge in [0.2, 0.25) is 5.91 Å². The summed E-state index contributed by atoms with van der Waals surface area (Å²) in [6.07, 6.45) is 6.08. The SMILES string of the molecule is COC(=O)c1c(NC(=O)CN2CCN(C(=O)c3sc4cc([N+](=O)[O-])ccc4c3Cl)CC2)sc2c1CCCCCC2. The number of methoxy groups -OCH3 is 1. The average Bonchev–Trinajstić information content (AvgIpc) is 3.43. The molecule has 0 atom stereocenters. The summed E-state index contributed by atoms with van der Waals surface area (Å²) in [6.45, 7) is 1.96.